The summed E-state index contributed by atoms with van der Waals surface area (Å²) in [6.45, 7) is 0. The zero-order valence-corrected chi connectivity index (χ0v) is 7.94. The molecule has 0 amide bonds. The van der Waals surface area contributed by atoms with Crippen LogP contribution in [0, 0.1) is 17.7 Å². The molecule has 3 heteroatoms. The van der Waals surface area contributed by atoms with Crippen LogP contribution in [0.2, 0.25) is 0 Å². The summed E-state index contributed by atoms with van der Waals surface area (Å²) in [6.07, 6.45) is 0.723. The van der Waals surface area contributed by atoms with Crippen LogP contribution < -0.4 is 5.73 Å². The molecular formula is C10H10FNS. The zero-order valence-electron chi connectivity index (χ0n) is 7.05. The maximum Gasteiger partial charge on any atom is 0.146 e. The van der Waals surface area contributed by atoms with E-state index in [0.717, 1.165) is 17.7 Å². The van der Waals surface area contributed by atoms with Crippen molar-refractivity contribution < 1.29 is 4.39 Å². The Hall–Kier alpha value is -1.14. The summed E-state index contributed by atoms with van der Waals surface area (Å²) in [5, 5.41) is 0. The molecule has 0 saturated carbocycles. The number of thiol groups is 1. The van der Waals surface area contributed by atoms with Gasteiger partial charge in [0.15, 0.2) is 0 Å². The van der Waals surface area contributed by atoms with Gasteiger partial charge in [-0.3, -0.25) is 0 Å². The SMILES string of the molecule is Nc1cc(C#CCCS)ccc1F. The Balaban J connectivity index is 2.81. The Morgan fingerprint density at radius 2 is 2.23 bits per heavy atom. The van der Waals surface area contributed by atoms with Crippen LogP contribution in [-0.2, 0) is 0 Å². The Bertz CT molecular complexity index is 352. The van der Waals surface area contributed by atoms with Gasteiger partial charge in [0.2, 0.25) is 0 Å². The van der Waals surface area contributed by atoms with Crippen LogP contribution in [0.3, 0.4) is 0 Å². The van der Waals surface area contributed by atoms with Gasteiger partial charge in [-0.15, -0.1) is 0 Å². The maximum atomic E-state index is 12.7. The number of nitrogens with two attached hydrogens (primary N) is 1. The molecule has 0 aliphatic rings. The van der Waals surface area contributed by atoms with Crippen molar-refractivity contribution in [3.8, 4) is 11.8 Å². The number of benzene rings is 1. The van der Waals surface area contributed by atoms with Gasteiger partial charge in [-0.05, 0) is 18.2 Å². The molecule has 2 N–H and O–H groups in total. The van der Waals surface area contributed by atoms with Crippen molar-refractivity contribution in [3.63, 3.8) is 0 Å². The lowest BCUT2D eigenvalue weighted by Gasteiger charge is -1.95. The Labute approximate surface area is 82.6 Å². The highest BCUT2D eigenvalue weighted by atomic mass is 32.1. The predicted molar refractivity (Wildman–Crippen MR) is 56.2 cm³/mol. The highest BCUT2D eigenvalue weighted by Crippen LogP contribution is 2.10. The molecule has 1 rings (SSSR count). The fraction of sp³-hybridized carbons (Fsp3) is 0.200. The van der Waals surface area contributed by atoms with Crippen LogP contribution in [0.5, 0.6) is 0 Å². The monoisotopic (exact) mass is 195 g/mol. The minimum Gasteiger partial charge on any atom is -0.396 e. The molecule has 0 atom stereocenters. The molecule has 1 aromatic carbocycles. The molecule has 1 nitrogen and oxygen atoms in total. The maximum absolute atomic E-state index is 12.7. The molecule has 0 saturated heterocycles. The third-order valence-electron chi connectivity index (χ3n) is 1.47. The number of rotatable bonds is 1. The molecule has 0 heterocycles. The molecule has 68 valence electrons. The Morgan fingerprint density at radius 3 is 2.85 bits per heavy atom. The normalized spacial score (nSPS) is 9.08. The highest BCUT2D eigenvalue weighted by Gasteiger charge is 1.96. The standard InChI is InChI=1S/C10H10FNS/c11-9-5-4-8(7-10(9)12)3-1-2-6-13/h4-5,7,13H,2,6,12H2. The summed E-state index contributed by atoms with van der Waals surface area (Å²) in [6, 6.07) is 4.46. The van der Waals surface area contributed by atoms with Crippen molar-refractivity contribution >= 4 is 18.3 Å². The van der Waals surface area contributed by atoms with Crippen molar-refractivity contribution in [1.29, 1.82) is 0 Å². The molecule has 0 radical (unpaired) electrons. The quantitative estimate of drug-likeness (QED) is 0.400. The number of nitrogen functional groups attached to an aromatic ring is 1. The van der Waals surface area contributed by atoms with E-state index >= 15 is 0 Å². The molecule has 0 spiro atoms. The van der Waals surface area contributed by atoms with Crippen molar-refractivity contribution in [1.82, 2.24) is 0 Å². The number of hydrogen-bond donors (Lipinski definition) is 2. The predicted octanol–water partition coefficient (Wildman–Crippen LogP) is 2.08. The molecule has 0 aromatic heterocycles. The third-order valence-corrected chi connectivity index (χ3v) is 1.69. The fourth-order valence-electron chi connectivity index (χ4n) is 0.842. The van der Waals surface area contributed by atoms with Crippen LogP contribution in [0.25, 0.3) is 0 Å². The number of halogens is 1. The van der Waals surface area contributed by atoms with Crippen LogP contribution in [0.15, 0.2) is 18.2 Å². The summed E-state index contributed by atoms with van der Waals surface area (Å²) < 4.78 is 12.7. The first-order valence-electron chi connectivity index (χ1n) is 3.89. The average Bonchev–Trinajstić information content (AvgIpc) is 2.12. The van der Waals surface area contributed by atoms with Gasteiger partial charge in [0.1, 0.15) is 5.82 Å². The van der Waals surface area contributed by atoms with Gasteiger partial charge in [-0.2, -0.15) is 12.6 Å². The van der Waals surface area contributed by atoms with Gasteiger partial charge in [0.05, 0.1) is 5.69 Å². The second-order valence-corrected chi connectivity index (χ2v) is 2.96. The summed E-state index contributed by atoms with van der Waals surface area (Å²) in [5.41, 5.74) is 6.24. The lowest BCUT2D eigenvalue weighted by molar-refractivity contribution is 0.632. The lowest BCUT2D eigenvalue weighted by Crippen LogP contribution is -1.90. The smallest absolute Gasteiger partial charge is 0.146 e. The van der Waals surface area contributed by atoms with Crippen molar-refractivity contribution in [2.45, 2.75) is 6.42 Å². The van der Waals surface area contributed by atoms with E-state index in [0.29, 0.717) is 0 Å². The minimum absolute atomic E-state index is 0.137. The fourth-order valence-corrected chi connectivity index (χ4v) is 0.954. The van der Waals surface area contributed by atoms with E-state index in [1.807, 2.05) is 0 Å². The Morgan fingerprint density at radius 1 is 1.46 bits per heavy atom. The first-order valence-corrected chi connectivity index (χ1v) is 4.52. The van der Waals surface area contributed by atoms with E-state index in [2.05, 4.69) is 24.5 Å². The lowest BCUT2D eigenvalue weighted by atomic mass is 10.2. The molecule has 0 aliphatic heterocycles. The van der Waals surface area contributed by atoms with E-state index in [1.54, 1.807) is 6.07 Å². The molecule has 0 aliphatic carbocycles. The van der Waals surface area contributed by atoms with Gasteiger partial charge >= 0.3 is 0 Å². The van der Waals surface area contributed by atoms with E-state index in [4.69, 9.17) is 5.73 Å². The minimum atomic E-state index is -0.403. The van der Waals surface area contributed by atoms with Crippen LogP contribution in [0.1, 0.15) is 12.0 Å². The Kier molecular flexibility index (Phi) is 3.66. The number of anilines is 1. The van der Waals surface area contributed by atoms with E-state index < -0.39 is 5.82 Å². The number of hydrogen-bond acceptors (Lipinski definition) is 2. The molecule has 0 fully saturated rings. The van der Waals surface area contributed by atoms with Crippen LogP contribution in [0.4, 0.5) is 10.1 Å². The van der Waals surface area contributed by atoms with Crippen molar-refractivity contribution in [2.24, 2.45) is 0 Å². The van der Waals surface area contributed by atoms with Gasteiger partial charge in [0, 0.05) is 17.7 Å². The van der Waals surface area contributed by atoms with Crippen LogP contribution in [-0.4, -0.2) is 5.75 Å². The second-order valence-electron chi connectivity index (χ2n) is 2.51. The first-order chi connectivity index (χ1) is 6.24. The van der Waals surface area contributed by atoms with Crippen molar-refractivity contribution in [2.75, 3.05) is 11.5 Å². The van der Waals surface area contributed by atoms with Gasteiger partial charge < -0.3 is 5.73 Å². The zero-order chi connectivity index (χ0) is 9.68. The second kappa shape index (κ2) is 4.78. The van der Waals surface area contributed by atoms with E-state index in [1.165, 1.54) is 12.1 Å². The summed E-state index contributed by atoms with van der Waals surface area (Å²) in [4.78, 5) is 0. The molecule has 0 unspecified atom stereocenters. The topological polar surface area (TPSA) is 26.0 Å². The molecule has 1 aromatic rings. The van der Waals surface area contributed by atoms with Gasteiger partial charge in [-0.25, -0.2) is 4.39 Å². The molecule has 13 heavy (non-hydrogen) atoms. The van der Waals surface area contributed by atoms with Gasteiger partial charge in [-0.1, -0.05) is 11.8 Å². The highest BCUT2D eigenvalue weighted by molar-refractivity contribution is 7.80. The largest absolute Gasteiger partial charge is 0.396 e. The summed E-state index contributed by atoms with van der Waals surface area (Å²) >= 11 is 4.02. The third kappa shape index (κ3) is 3.00. The molecule has 0 bridgehead atoms. The van der Waals surface area contributed by atoms with Crippen molar-refractivity contribution in [3.05, 3.63) is 29.6 Å². The van der Waals surface area contributed by atoms with E-state index in [-0.39, 0.29) is 5.69 Å². The van der Waals surface area contributed by atoms with E-state index in [9.17, 15) is 4.39 Å². The first kappa shape index (κ1) is 9.94. The molecular weight excluding hydrogens is 185 g/mol. The van der Waals surface area contributed by atoms with Gasteiger partial charge in [0.25, 0.3) is 0 Å². The summed E-state index contributed by atoms with van der Waals surface area (Å²) in [7, 11) is 0. The average molecular weight is 195 g/mol. The summed E-state index contributed by atoms with van der Waals surface area (Å²) in [5.74, 6) is 6.08. The van der Waals surface area contributed by atoms with Crippen LogP contribution >= 0.6 is 12.6 Å².